The fourth-order valence-corrected chi connectivity index (χ4v) is 3.64. The molecule has 5 aromatic rings. The Bertz CT molecular complexity index is 1410. The summed E-state index contributed by atoms with van der Waals surface area (Å²) >= 11 is 12.4. The van der Waals surface area contributed by atoms with E-state index >= 15 is 0 Å². The predicted molar refractivity (Wildman–Crippen MR) is 113 cm³/mol. The second kappa shape index (κ2) is 7.76. The molecule has 0 fully saturated rings. The number of nitrogens with zero attached hydrogens (tertiary/aromatic N) is 3. The fourth-order valence-electron chi connectivity index (χ4n) is 3.28. The average Bonchev–Trinajstić information content (AvgIpc) is 3.34. The van der Waals surface area contributed by atoms with E-state index in [0.717, 1.165) is 11.6 Å². The summed E-state index contributed by atoms with van der Waals surface area (Å²) in [4.78, 5) is 7.38. The number of aromatic amines is 1. The van der Waals surface area contributed by atoms with Crippen molar-refractivity contribution >= 4 is 34.2 Å². The van der Waals surface area contributed by atoms with Crippen molar-refractivity contribution in [2.75, 3.05) is 0 Å². The summed E-state index contributed by atoms with van der Waals surface area (Å²) in [6.07, 6.45) is 3.57. The van der Waals surface area contributed by atoms with Crippen LogP contribution in [0.1, 0.15) is 5.76 Å². The molecular formula is C22H13Cl2F2N4O+. The van der Waals surface area contributed by atoms with Crippen LogP contribution in [-0.4, -0.2) is 15.1 Å². The smallest absolute Gasteiger partial charge is 0.220 e. The molecule has 0 atom stereocenters. The molecule has 2 aromatic carbocycles. The monoisotopic (exact) mass is 457 g/mol. The van der Waals surface area contributed by atoms with Gasteiger partial charge in [-0.25, -0.2) is 13.8 Å². The maximum Gasteiger partial charge on any atom is 0.220 e. The van der Waals surface area contributed by atoms with E-state index in [2.05, 4.69) is 15.1 Å². The van der Waals surface area contributed by atoms with Crippen LogP contribution in [0, 0.1) is 11.6 Å². The second-order valence-electron chi connectivity index (χ2n) is 6.88. The number of hydrogen-bond acceptors (Lipinski definition) is 3. The highest BCUT2D eigenvalue weighted by atomic mass is 35.5. The zero-order valence-electron chi connectivity index (χ0n) is 15.7. The number of fused-ring (bicyclic) bond motifs is 1. The zero-order valence-corrected chi connectivity index (χ0v) is 17.3. The molecule has 0 unspecified atom stereocenters. The van der Waals surface area contributed by atoms with Crippen molar-refractivity contribution in [1.82, 2.24) is 15.1 Å². The summed E-state index contributed by atoms with van der Waals surface area (Å²) < 4.78 is 34.9. The summed E-state index contributed by atoms with van der Waals surface area (Å²) in [7, 11) is 0. The molecule has 3 aromatic heterocycles. The lowest BCUT2D eigenvalue weighted by Crippen LogP contribution is -2.33. The predicted octanol–water partition coefficient (Wildman–Crippen LogP) is 5.81. The van der Waals surface area contributed by atoms with Crippen molar-refractivity contribution < 1.29 is 17.9 Å². The lowest BCUT2D eigenvalue weighted by atomic mass is 10.1. The van der Waals surface area contributed by atoms with Crippen LogP contribution in [0.4, 0.5) is 8.78 Å². The Labute approximate surface area is 184 Å². The van der Waals surface area contributed by atoms with E-state index in [-0.39, 0.29) is 11.4 Å². The molecule has 9 heteroatoms. The van der Waals surface area contributed by atoms with Crippen molar-refractivity contribution in [3.63, 3.8) is 0 Å². The number of benzene rings is 2. The van der Waals surface area contributed by atoms with E-state index in [1.54, 1.807) is 30.6 Å². The van der Waals surface area contributed by atoms with Crippen molar-refractivity contribution in [1.29, 1.82) is 0 Å². The molecule has 5 nitrogen and oxygen atoms in total. The first-order valence-corrected chi connectivity index (χ1v) is 9.98. The largest absolute Gasteiger partial charge is 0.352 e. The molecule has 3 heterocycles. The van der Waals surface area contributed by atoms with Gasteiger partial charge in [-0.3, -0.25) is 0 Å². The number of imidazole rings is 1. The SMILES string of the molecule is Fc1cccc(-c2nc3cc[n+](Cc4onc(-c5ccc(Cl)cc5)c4Cl)cc3[nH]2)c1F. The van der Waals surface area contributed by atoms with Crippen LogP contribution in [0.25, 0.3) is 33.7 Å². The molecule has 0 saturated carbocycles. The molecule has 1 N–H and O–H groups in total. The molecule has 0 bridgehead atoms. The van der Waals surface area contributed by atoms with Gasteiger partial charge in [0.1, 0.15) is 27.6 Å². The molecule has 0 radical (unpaired) electrons. The van der Waals surface area contributed by atoms with Crippen LogP contribution in [0.15, 0.2) is 65.4 Å². The van der Waals surface area contributed by atoms with Crippen LogP contribution in [0.3, 0.4) is 0 Å². The van der Waals surface area contributed by atoms with Gasteiger partial charge >= 0.3 is 0 Å². The van der Waals surface area contributed by atoms with Crippen molar-refractivity contribution in [3.8, 4) is 22.6 Å². The van der Waals surface area contributed by atoms with Crippen LogP contribution >= 0.6 is 23.2 Å². The number of rotatable bonds is 4. The Kier molecular flexibility index (Phi) is 4.92. The second-order valence-corrected chi connectivity index (χ2v) is 7.69. The van der Waals surface area contributed by atoms with Crippen molar-refractivity contribution in [2.24, 2.45) is 0 Å². The minimum absolute atomic E-state index is 0.0636. The van der Waals surface area contributed by atoms with Gasteiger partial charge in [0, 0.05) is 16.7 Å². The molecule has 0 aliphatic carbocycles. The quantitative estimate of drug-likeness (QED) is 0.346. The van der Waals surface area contributed by atoms with Gasteiger partial charge in [-0.1, -0.05) is 46.6 Å². The summed E-state index contributed by atoms with van der Waals surface area (Å²) in [6, 6.07) is 12.9. The molecule has 0 saturated heterocycles. The standard InChI is InChI=1S/C22H12Cl2F2N4O/c23-13-6-4-12(5-7-13)21-19(24)18(31-29-21)11-30-9-8-16-17(10-30)28-22(27-16)14-2-1-3-15(25)20(14)26/h1-10H,11H2/p+1. The topological polar surface area (TPSA) is 58.6 Å². The number of halogens is 4. The molecule has 0 aliphatic rings. The third-order valence-electron chi connectivity index (χ3n) is 4.83. The minimum atomic E-state index is -0.947. The minimum Gasteiger partial charge on any atom is -0.352 e. The summed E-state index contributed by atoms with van der Waals surface area (Å²) in [6.45, 7) is 0.318. The van der Waals surface area contributed by atoms with Crippen LogP contribution in [-0.2, 0) is 6.54 Å². The lowest BCUT2D eigenvalue weighted by molar-refractivity contribution is -0.688. The van der Waals surface area contributed by atoms with Crippen LogP contribution in [0.2, 0.25) is 10.0 Å². The average molecular weight is 458 g/mol. The number of H-pyrrole nitrogens is 1. The van der Waals surface area contributed by atoms with Gasteiger partial charge in [0.15, 0.2) is 24.0 Å². The fraction of sp³-hybridized carbons (Fsp3) is 0.0455. The lowest BCUT2D eigenvalue weighted by Gasteiger charge is -1.99. The third-order valence-corrected chi connectivity index (χ3v) is 5.47. The third kappa shape index (κ3) is 3.66. The zero-order chi connectivity index (χ0) is 21.5. The Morgan fingerprint density at radius 3 is 2.65 bits per heavy atom. The van der Waals surface area contributed by atoms with E-state index in [1.165, 1.54) is 12.1 Å². The molecule has 0 amide bonds. The maximum atomic E-state index is 14.1. The van der Waals surface area contributed by atoms with E-state index in [9.17, 15) is 8.78 Å². The van der Waals surface area contributed by atoms with Gasteiger partial charge in [-0.2, -0.15) is 4.57 Å². The molecular weight excluding hydrogens is 445 g/mol. The summed E-state index contributed by atoms with van der Waals surface area (Å²) in [5.41, 5.74) is 2.64. The van der Waals surface area contributed by atoms with Crippen molar-refractivity contribution in [2.45, 2.75) is 6.54 Å². The van der Waals surface area contributed by atoms with Crippen LogP contribution < -0.4 is 4.57 Å². The van der Waals surface area contributed by atoms with Crippen LogP contribution in [0.5, 0.6) is 0 Å². The number of nitrogens with one attached hydrogen (secondary N) is 1. The Hall–Kier alpha value is -3.29. The Morgan fingerprint density at radius 2 is 1.84 bits per heavy atom. The maximum absolute atomic E-state index is 14.1. The van der Waals surface area contributed by atoms with Crippen molar-refractivity contribution in [3.05, 3.63) is 88.4 Å². The van der Waals surface area contributed by atoms with Gasteiger partial charge in [-0.05, 0) is 24.3 Å². The highest BCUT2D eigenvalue weighted by Crippen LogP contribution is 2.31. The van der Waals surface area contributed by atoms with Gasteiger partial charge in [-0.15, -0.1) is 0 Å². The van der Waals surface area contributed by atoms with Gasteiger partial charge < -0.3 is 9.51 Å². The number of hydrogen-bond donors (Lipinski definition) is 1. The van der Waals surface area contributed by atoms with Gasteiger partial charge in [0.25, 0.3) is 0 Å². The van der Waals surface area contributed by atoms with Gasteiger partial charge in [0.05, 0.1) is 5.56 Å². The Morgan fingerprint density at radius 1 is 1.03 bits per heavy atom. The highest BCUT2D eigenvalue weighted by Gasteiger charge is 2.20. The van der Waals surface area contributed by atoms with E-state index < -0.39 is 11.6 Å². The first kappa shape index (κ1) is 19.7. The molecule has 0 aliphatic heterocycles. The van der Waals surface area contributed by atoms with E-state index in [1.807, 2.05) is 16.7 Å². The summed E-state index contributed by atoms with van der Waals surface area (Å²) in [5.74, 6) is -1.15. The first-order chi connectivity index (χ1) is 15.0. The Balaban J connectivity index is 1.45. The molecule has 0 spiro atoms. The summed E-state index contributed by atoms with van der Waals surface area (Å²) in [5, 5.41) is 5.10. The molecule has 31 heavy (non-hydrogen) atoms. The molecule has 154 valence electrons. The molecule has 5 rings (SSSR count). The van der Waals surface area contributed by atoms with Gasteiger partial charge in [0.2, 0.25) is 12.3 Å². The normalized spacial score (nSPS) is 11.4. The van der Waals surface area contributed by atoms with E-state index in [0.29, 0.717) is 39.1 Å². The van der Waals surface area contributed by atoms with E-state index in [4.69, 9.17) is 27.7 Å². The number of aromatic nitrogens is 4. The first-order valence-electron chi connectivity index (χ1n) is 9.23. The number of pyridine rings is 1. The highest BCUT2D eigenvalue weighted by molar-refractivity contribution is 6.33.